The summed E-state index contributed by atoms with van der Waals surface area (Å²) in [5.74, 6) is -0.388. The Morgan fingerprint density at radius 1 is 0.723 bits per heavy atom. The van der Waals surface area contributed by atoms with Crippen LogP contribution in [0.1, 0.15) is 163 Å². The van der Waals surface area contributed by atoms with Gasteiger partial charge in [-0.05, 0) is 147 Å². The number of rotatable bonds is 23. The van der Waals surface area contributed by atoms with Gasteiger partial charge in [0, 0.05) is 19.9 Å². The van der Waals surface area contributed by atoms with Crippen LogP contribution in [0.15, 0.2) is 18.2 Å². The molecule has 0 spiro atoms. The molecule has 65 heavy (non-hydrogen) atoms. The highest BCUT2D eigenvalue weighted by molar-refractivity contribution is 14.1. The van der Waals surface area contributed by atoms with Gasteiger partial charge in [-0.1, -0.05) is 103 Å². The van der Waals surface area contributed by atoms with Crippen molar-refractivity contribution in [3.05, 3.63) is 27.3 Å². The molecule has 0 saturated carbocycles. The van der Waals surface area contributed by atoms with Gasteiger partial charge in [-0.15, -0.1) is 0 Å². The van der Waals surface area contributed by atoms with E-state index in [1.54, 1.807) is 27.8 Å². The van der Waals surface area contributed by atoms with Gasteiger partial charge in [-0.2, -0.15) is 0 Å². The predicted molar refractivity (Wildman–Crippen MR) is 279 cm³/mol. The summed E-state index contributed by atoms with van der Waals surface area (Å²) in [7, 11) is -2.97. The van der Waals surface area contributed by atoms with E-state index in [1.165, 1.54) is 4.90 Å². The molecule has 0 aromatic heterocycles. The molecule has 1 aromatic carbocycles. The highest BCUT2D eigenvalue weighted by atomic mass is 127. The number of carbonyl (C=O) groups excluding carboxylic acids is 4. The number of benzene rings is 1. The number of hydrogen-bond donors (Lipinski definition) is 1. The van der Waals surface area contributed by atoms with Crippen molar-refractivity contribution in [3.63, 3.8) is 0 Å². The van der Waals surface area contributed by atoms with Crippen LogP contribution >= 0.6 is 22.6 Å². The zero-order valence-corrected chi connectivity index (χ0v) is 49.2. The number of amides is 2. The number of hydrogen-bond acceptors (Lipinski definition) is 9. The molecule has 0 aliphatic rings. The first kappa shape index (κ1) is 60.8. The van der Waals surface area contributed by atoms with Crippen molar-refractivity contribution >= 4 is 63.2 Å². The van der Waals surface area contributed by atoms with Crippen LogP contribution in [0, 0.1) is 27.2 Å². The fourth-order valence-corrected chi connectivity index (χ4v) is 16.1. The summed E-state index contributed by atoms with van der Waals surface area (Å²) in [6, 6.07) is 5.00. The van der Waals surface area contributed by atoms with Gasteiger partial charge < -0.3 is 33.3 Å². The summed E-state index contributed by atoms with van der Waals surface area (Å²) in [6.07, 6.45) is 0.654. The molecular formula is C51H93IN2O9Si2. The van der Waals surface area contributed by atoms with Gasteiger partial charge in [-0.25, -0.2) is 9.59 Å². The first-order valence-corrected chi connectivity index (χ1v) is 30.3. The minimum atomic E-state index is -2.30. The largest absolute Gasteiger partial charge is 0.542 e. The quantitative estimate of drug-likeness (QED) is 0.0493. The van der Waals surface area contributed by atoms with Crippen LogP contribution in [0.3, 0.4) is 0 Å². The fourth-order valence-electron chi connectivity index (χ4n) is 8.51. The molecule has 0 aliphatic heterocycles. The second-order valence-electron chi connectivity index (χ2n) is 23.6. The van der Waals surface area contributed by atoms with Crippen LogP contribution in [-0.2, 0) is 39.4 Å². The number of alkyl carbamates (subject to hydrolysis) is 1. The Bertz CT molecular complexity index is 1680. The van der Waals surface area contributed by atoms with Crippen LogP contribution < -0.4 is 9.74 Å². The van der Waals surface area contributed by atoms with E-state index in [4.69, 9.17) is 23.1 Å². The number of ether oxygens (including phenoxy) is 3. The molecule has 1 N–H and O–H groups in total. The van der Waals surface area contributed by atoms with E-state index in [1.807, 2.05) is 59.7 Å². The number of likely N-dealkylation sites (N-methyl/N-ethyl adjacent to an activating group) is 1. The van der Waals surface area contributed by atoms with Gasteiger partial charge in [0.05, 0.1) is 15.6 Å². The lowest BCUT2D eigenvalue weighted by molar-refractivity contribution is -0.162. The molecule has 0 heterocycles. The highest BCUT2D eigenvalue weighted by Gasteiger charge is 2.47. The van der Waals surface area contributed by atoms with Crippen molar-refractivity contribution in [1.29, 1.82) is 0 Å². The Balaban J connectivity index is 3.67. The molecule has 0 fully saturated rings. The number of esters is 2. The van der Waals surface area contributed by atoms with Crippen molar-refractivity contribution in [1.82, 2.24) is 10.2 Å². The number of carbonyl (C=O) groups is 4. The second kappa shape index (κ2) is 24.9. The molecule has 14 heteroatoms. The van der Waals surface area contributed by atoms with Gasteiger partial charge in [0.15, 0.2) is 8.32 Å². The number of halogens is 1. The minimum absolute atomic E-state index is 0.0620. The van der Waals surface area contributed by atoms with Crippen LogP contribution in [0.5, 0.6) is 5.75 Å². The molecule has 0 aliphatic carbocycles. The van der Waals surface area contributed by atoms with E-state index in [-0.39, 0.29) is 53.7 Å². The third-order valence-corrected chi connectivity index (χ3v) is 24.4. The lowest BCUT2D eigenvalue weighted by atomic mass is 9.85. The molecule has 0 bridgehead atoms. The molecule has 0 radical (unpaired) electrons. The molecule has 6 atom stereocenters. The van der Waals surface area contributed by atoms with Crippen LogP contribution in [-0.4, -0.2) is 88.5 Å². The first-order chi connectivity index (χ1) is 29.3. The predicted octanol–water partition coefficient (Wildman–Crippen LogP) is 13.1. The topological polar surface area (TPSA) is 130 Å². The van der Waals surface area contributed by atoms with Gasteiger partial charge in [-0.3, -0.25) is 9.59 Å². The summed E-state index contributed by atoms with van der Waals surface area (Å²) < 4.78 is 32.8. The molecule has 0 unspecified atom stereocenters. The maximum Gasteiger partial charge on any atom is 0.408 e. The smallest absolute Gasteiger partial charge is 0.408 e. The van der Waals surface area contributed by atoms with Crippen LogP contribution in [0.2, 0.25) is 34.8 Å². The summed E-state index contributed by atoms with van der Waals surface area (Å²) in [6.45, 7) is 45.7. The monoisotopic (exact) mass is 1060 g/mol. The second-order valence-corrected chi connectivity index (χ2v) is 34.9. The summed E-state index contributed by atoms with van der Waals surface area (Å²) in [5.41, 5.74) is 0.736. The lowest BCUT2D eigenvalue weighted by Gasteiger charge is -2.42. The molecule has 11 nitrogen and oxygen atoms in total. The summed E-state index contributed by atoms with van der Waals surface area (Å²) >= 11 is 2.31. The molecule has 1 aromatic rings. The van der Waals surface area contributed by atoms with Gasteiger partial charge in [0.2, 0.25) is 5.91 Å². The van der Waals surface area contributed by atoms with Crippen molar-refractivity contribution in [3.8, 4) is 5.75 Å². The van der Waals surface area contributed by atoms with E-state index in [0.717, 1.165) is 21.3 Å². The van der Waals surface area contributed by atoms with E-state index >= 15 is 0 Å². The van der Waals surface area contributed by atoms with Crippen LogP contribution in [0.25, 0.3) is 0 Å². The van der Waals surface area contributed by atoms with E-state index in [0.29, 0.717) is 29.5 Å². The van der Waals surface area contributed by atoms with Crippen molar-refractivity contribution in [2.24, 2.45) is 23.7 Å². The van der Waals surface area contributed by atoms with Crippen LogP contribution in [0.4, 0.5) is 4.79 Å². The third kappa shape index (κ3) is 19.4. The molecule has 1 rings (SSSR count). The average molecular weight is 1060 g/mol. The Labute approximate surface area is 412 Å². The van der Waals surface area contributed by atoms with E-state index in [9.17, 15) is 19.2 Å². The maximum absolute atomic E-state index is 14.7. The number of nitrogens with zero attached hydrogens (tertiary/aromatic N) is 1. The standard InChI is InChI=1S/C51H93IN2O9Si2/c1-32(2)43(30-44(62-64(22,23)51(18,19)20)37(10)26-36(9)27-38(11)46(56)60-49(12,13)14)59-47(57)41(54(21)45(55)31-53-48(58)61-50(15,16)17)29-39-24-25-42(40(52)28-39)63-65(33(3)4,34(5)6)35(7)8/h24-25,28,32-38,41,43-44H,26-27,29-31H2,1-23H3,(H,53,58)/t36-,37+,38-,41+,43-,44-/m0/s1. The number of nitrogens with one attached hydrogen (secondary N) is 1. The highest BCUT2D eigenvalue weighted by Crippen LogP contribution is 2.44. The zero-order chi connectivity index (χ0) is 50.8. The molecule has 2 amide bonds. The summed E-state index contributed by atoms with van der Waals surface area (Å²) in [5, 5.41) is 2.50. The Kier molecular flexibility index (Phi) is 23.3. The van der Waals surface area contributed by atoms with E-state index in [2.05, 4.69) is 117 Å². The first-order valence-electron chi connectivity index (χ1n) is 24.2. The Morgan fingerprint density at radius 3 is 1.69 bits per heavy atom. The molecule has 376 valence electrons. The zero-order valence-electron chi connectivity index (χ0n) is 45.0. The van der Waals surface area contributed by atoms with Crippen molar-refractivity contribution < 1.29 is 42.2 Å². The Morgan fingerprint density at radius 2 is 1.25 bits per heavy atom. The third-order valence-electron chi connectivity index (χ3n) is 13.0. The minimum Gasteiger partial charge on any atom is -0.542 e. The molecular weight excluding hydrogens is 968 g/mol. The SMILES string of the molecule is CC(C)[C@H](C[C@H](O[Si](C)(C)C(C)(C)C)[C@H](C)C[C@H](C)C[C@H](C)C(=O)OC(C)(C)C)OC(=O)[C@@H](Cc1ccc(O[Si](C(C)C)(C(C)C)C(C)C)c(I)c1)N(C)C(=O)CNC(=O)OC(C)(C)C. The fraction of sp³-hybridized carbons (Fsp3) is 0.804. The Hall–Kier alpha value is -2.18. The van der Waals surface area contributed by atoms with Gasteiger partial charge in [0.1, 0.15) is 35.6 Å². The van der Waals surface area contributed by atoms with Gasteiger partial charge >= 0.3 is 18.0 Å². The molecule has 0 saturated heterocycles. The van der Waals surface area contributed by atoms with Crippen molar-refractivity contribution in [2.75, 3.05) is 13.6 Å². The lowest BCUT2D eigenvalue weighted by Crippen LogP contribution is -2.51. The van der Waals surface area contributed by atoms with Crippen molar-refractivity contribution in [2.45, 2.75) is 228 Å². The van der Waals surface area contributed by atoms with Gasteiger partial charge in [0.25, 0.3) is 8.32 Å². The van der Waals surface area contributed by atoms with E-state index < -0.39 is 58.0 Å². The summed E-state index contributed by atoms with van der Waals surface area (Å²) in [4.78, 5) is 55.4. The normalized spacial score (nSPS) is 15.9. The maximum atomic E-state index is 14.7. The average Bonchev–Trinajstić information content (AvgIpc) is 3.12.